The fraction of sp³-hybridized carbons (Fsp3) is 0.231. The number of nitrogens with one attached hydrogen (secondary N) is 2. The minimum absolute atomic E-state index is 0.319. The van der Waals surface area contributed by atoms with Gasteiger partial charge in [-0.25, -0.2) is 9.78 Å². The Kier molecular flexibility index (Phi) is 3.27. The van der Waals surface area contributed by atoms with Crippen molar-refractivity contribution in [2.45, 2.75) is 13.8 Å². The second kappa shape index (κ2) is 5.23. The topological polar surface area (TPSA) is 106 Å². The van der Waals surface area contributed by atoms with Crippen molar-refractivity contribution in [3.8, 4) is 11.6 Å². The van der Waals surface area contributed by atoms with Gasteiger partial charge in [-0.1, -0.05) is 5.16 Å². The number of anilines is 1. The van der Waals surface area contributed by atoms with Gasteiger partial charge < -0.3 is 14.3 Å². The van der Waals surface area contributed by atoms with E-state index in [1.165, 1.54) is 0 Å². The van der Waals surface area contributed by atoms with Crippen molar-refractivity contribution in [1.29, 1.82) is 0 Å². The van der Waals surface area contributed by atoms with Crippen LogP contribution < -0.4 is 10.6 Å². The van der Waals surface area contributed by atoms with Gasteiger partial charge >= 0.3 is 6.03 Å². The average molecular weight is 287 g/mol. The van der Waals surface area contributed by atoms with Crippen LogP contribution >= 0.6 is 0 Å². The number of aromatic nitrogens is 3. The summed E-state index contributed by atoms with van der Waals surface area (Å²) in [6, 6.07) is 4.76. The number of pyridine rings is 1. The number of urea groups is 1. The molecule has 3 aromatic heterocycles. The molecule has 0 unspecified atom stereocenters. The molecule has 3 aromatic rings. The smallest absolute Gasteiger partial charge is 0.320 e. The van der Waals surface area contributed by atoms with E-state index < -0.39 is 0 Å². The van der Waals surface area contributed by atoms with Crippen molar-refractivity contribution in [3.63, 3.8) is 0 Å². The molecule has 3 rings (SSSR count). The van der Waals surface area contributed by atoms with E-state index in [4.69, 9.17) is 8.94 Å². The molecule has 0 bridgehead atoms. The van der Waals surface area contributed by atoms with Crippen LogP contribution in [0, 0.1) is 6.92 Å². The van der Waals surface area contributed by atoms with Gasteiger partial charge in [0.25, 0.3) is 5.89 Å². The maximum absolute atomic E-state index is 11.4. The molecule has 0 spiro atoms. The minimum Gasteiger partial charge on any atom is -0.416 e. The monoisotopic (exact) mass is 287 g/mol. The Bertz CT molecular complexity index is 792. The summed E-state index contributed by atoms with van der Waals surface area (Å²) in [6.07, 6.45) is 0. The first kappa shape index (κ1) is 13.1. The highest BCUT2D eigenvalue weighted by molar-refractivity contribution is 5.89. The molecule has 8 heteroatoms. The van der Waals surface area contributed by atoms with Crippen LogP contribution in [0.2, 0.25) is 0 Å². The van der Waals surface area contributed by atoms with E-state index in [0.717, 1.165) is 0 Å². The summed E-state index contributed by atoms with van der Waals surface area (Å²) in [4.78, 5) is 19.9. The molecule has 0 saturated heterocycles. The third-order valence-electron chi connectivity index (χ3n) is 2.68. The Labute approximate surface area is 119 Å². The lowest BCUT2D eigenvalue weighted by Gasteiger charge is -2.03. The molecular weight excluding hydrogens is 274 g/mol. The molecule has 0 fully saturated rings. The van der Waals surface area contributed by atoms with Crippen LogP contribution in [-0.2, 0) is 0 Å². The van der Waals surface area contributed by atoms with Gasteiger partial charge in [-0.15, -0.1) is 0 Å². The number of aryl methyl sites for hydroxylation is 1. The van der Waals surface area contributed by atoms with Gasteiger partial charge in [0.2, 0.25) is 5.71 Å². The quantitative estimate of drug-likeness (QED) is 0.765. The number of carbonyl (C=O) groups excluding carboxylic acids is 1. The number of nitrogens with zero attached hydrogens (tertiary/aromatic N) is 3. The summed E-state index contributed by atoms with van der Waals surface area (Å²) >= 11 is 0. The van der Waals surface area contributed by atoms with Crippen molar-refractivity contribution in [2.75, 3.05) is 11.9 Å². The summed E-state index contributed by atoms with van der Waals surface area (Å²) < 4.78 is 10.5. The van der Waals surface area contributed by atoms with Crippen LogP contribution in [0.5, 0.6) is 0 Å². The van der Waals surface area contributed by atoms with Crippen molar-refractivity contribution < 1.29 is 13.7 Å². The first-order valence-electron chi connectivity index (χ1n) is 6.42. The lowest BCUT2D eigenvalue weighted by Crippen LogP contribution is -2.28. The van der Waals surface area contributed by atoms with E-state index in [-0.39, 0.29) is 6.03 Å². The SMILES string of the molecule is CCNC(=O)Nc1ccc2nc(-c3cc(C)on3)oc2n1. The Hall–Kier alpha value is -2.90. The molecule has 3 heterocycles. The molecule has 108 valence electrons. The van der Waals surface area contributed by atoms with Crippen LogP contribution in [0.1, 0.15) is 12.7 Å². The Morgan fingerprint density at radius 2 is 2.19 bits per heavy atom. The predicted molar refractivity (Wildman–Crippen MR) is 74.7 cm³/mol. The van der Waals surface area contributed by atoms with Crippen LogP contribution in [0.4, 0.5) is 10.6 Å². The van der Waals surface area contributed by atoms with Crippen LogP contribution in [-0.4, -0.2) is 27.7 Å². The predicted octanol–water partition coefficient (Wildman–Crippen LogP) is 2.33. The van der Waals surface area contributed by atoms with E-state index in [0.29, 0.717) is 40.9 Å². The molecule has 0 aromatic carbocycles. The van der Waals surface area contributed by atoms with Gasteiger partial charge in [0, 0.05) is 12.6 Å². The average Bonchev–Trinajstić information content (AvgIpc) is 3.04. The fourth-order valence-electron chi connectivity index (χ4n) is 1.78. The number of carbonyl (C=O) groups is 1. The van der Waals surface area contributed by atoms with Gasteiger partial charge in [-0.2, -0.15) is 4.98 Å². The van der Waals surface area contributed by atoms with Crippen molar-refractivity contribution >= 4 is 23.1 Å². The molecule has 21 heavy (non-hydrogen) atoms. The molecule has 0 aliphatic carbocycles. The highest BCUT2D eigenvalue weighted by atomic mass is 16.5. The van der Waals surface area contributed by atoms with E-state index in [1.54, 1.807) is 25.1 Å². The zero-order chi connectivity index (χ0) is 14.8. The number of fused-ring (bicyclic) bond motifs is 1. The first-order valence-corrected chi connectivity index (χ1v) is 6.42. The van der Waals surface area contributed by atoms with Gasteiger partial charge in [0.05, 0.1) is 0 Å². The molecule has 2 amide bonds. The summed E-state index contributed by atoms with van der Waals surface area (Å²) in [7, 11) is 0. The molecule has 0 atom stereocenters. The Morgan fingerprint density at radius 1 is 1.33 bits per heavy atom. The van der Waals surface area contributed by atoms with Crippen LogP contribution in [0.15, 0.2) is 27.1 Å². The van der Waals surface area contributed by atoms with Gasteiger partial charge in [0.15, 0.2) is 5.69 Å². The lowest BCUT2D eigenvalue weighted by molar-refractivity contribution is 0.252. The van der Waals surface area contributed by atoms with E-state index in [1.807, 2.05) is 6.92 Å². The van der Waals surface area contributed by atoms with E-state index in [9.17, 15) is 4.79 Å². The summed E-state index contributed by atoms with van der Waals surface area (Å²) in [6.45, 7) is 4.15. The van der Waals surface area contributed by atoms with Crippen LogP contribution in [0.3, 0.4) is 0 Å². The van der Waals surface area contributed by atoms with E-state index in [2.05, 4.69) is 25.8 Å². The van der Waals surface area contributed by atoms with Crippen molar-refractivity contribution in [2.24, 2.45) is 0 Å². The zero-order valence-corrected chi connectivity index (χ0v) is 11.5. The minimum atomic E-state index is -0.323. The summed E-state index contributed by atoms with van der Waals surface area (Å²) in [5.74, 6) is 1.37. The highest BCUT2D eigenvalue weighted by Gasteiger charge is 2.13. The standard InChI is InChI=1S/C13H13N5O3/c1-3-14-13(19)17-10-5-4-8-11(16-10)20-12(15-8)9-6-7(2)21-18-9/h4-6H,3H2,1-2H3,(H2,14,16,17,19). The molecule has 0 saturated carbocycles. The third-order valence-corrected chi connectivity index (χ3v) is 2.68. The van der Waals surface area contributed by atoms with E-state index >= 15 is 0 Å². The normalized spacial score (nSPS) is 10.8. The zero-order valence-electron chi connectivity index (χ0n) is 11.5. The fourth-order valence-corrected chi connectivity index (χ4v) is 1.78. The first-order chi connectivity index (χ1) is 10.2. The summed E-state index contributed by atoms with van der Waals surface area (Å²) in [5, 5.41) is 9.06. The van der Waals surface area contributed by atoms with Crippen molar-refractivity contribution in [3.05, 3.63) is 24.0 Å². The van der Waals surface area contributed by atoms with Gasteiger partial charge in [0.1, 0.15) is 17.1 Å². The Morgan fingerprint density at radius 3 is 2.90 bits per heavy atom. The second-order valence-electron chi connectivity index (χ2n) is 4.35. The Balaban J connectivity index is 1.90. The van der Waals surface area contributed by atoms with Crippen molar-refractivity contribution in [1.82, 2.24) is 20.4 Å². The number of hydrogen-bond donors (Lipinski definition) is 2. The van der Waals surface area contributed by atoms with Gasteiger partial charge in [-0.05, 0) is 26.0 Å². The summed E-state index contributed by atoms with van der Waals surface area (Å²) in [5.41, 5.74) is 1.40. The molecule has 8 nitrogen and oxygen atoms in total. The molecule has 2 N–H and O–H groups in total. The number of hydrogen-bond acceptors (Lipinski definition) is 6. The molecule has 0 aliphatic heterocycles. The lowest BCUT2D eigenvalue weighted by atomic mass is 10.4. The molecule has 0 radical (unpaired) electrons. The third kappa shape index (κ3) is 2.69. The maximum atomic E-state index is 11.4. The number of oxazole rings is 1. The van der Waals surface area contributed by atoms with Gasteiger partial charge in [-0.3, -0.25) is 5.32 Å². The number of amides is 2. The maximum Gasteiger partial charge on any atom is 0.320 e. The van der Waals surface area contributed by atoms with Crippen LogP contribution in [0.25, 0.3) is 22.8 Å². The number of rotatable bonds is 3. The highest BCUT2D eigenvalue weighted by Crippen LogP contribution is 2.23. The molecule has 0 aliphatic rings. The largest absolute Gasteiger partial charge is 0.416 e. The second-order valence-corrected chi connectivity index (χ2v) is 4.35. The molecular formula is C13H13N5O3.